The lowest BCUT2D eigenvalue weighted by Crippen LogP contribution is -2.45. The van der Waals surface area contributed by atoms with Crippen LogP contribution < -0.4 is 5.32 Å². The fraction of sp³-hybridized carbons (Fsp3) is 0.712. The maximum absolute atomic E-state index is 12.4. The van der Waals surface area contributed by atoms with E-state index in [1.807, 2.05) is 6.08 Å². The molecule has 0 aromatic heterocycles. The van der Waals surface area contributed by atoms with Crippen molar-refractivity contribution in [3.8, 4) is 0 Å². The van der Waals surface area contributed by atoms with Crippen LogP contribution in [0.1, 0.15) is 219 Å². The third-order valence-corrected chi connectivity index (χ3v) is 10.3. The summed E-state index contributed by atoms with van der Waals surface area (Å²) < 4.78 is 0. The van der Waals surface area contributed by atoms with Crippen molar-refractivity contribution in [2.24, 2.45) is 0 Å². The number of allylic oxidation sites excluding steroid dienone is 13. The van der Waals surface area contributed by atoms with E-state index in [0.717, 1.165) is 64.2 Å². The van der Waals surface area contributed by atoms with E-state index in [-0.39, 0.29) is 12.5 Å². The topological polar surface area (TPSA) is 69.6 Å². The Labute approximate surface area is 348 Å². The second-order valence-corrected chi connectivity index (χ2v) is 15.8. The molecule has 0 aliphatic heterocycles. The van der Waals surface area contributed by atoms with Crippen molar-refractivity contribution in [1.29, 1.82) is 0 Å². The van der Waals surface area contributed by atoms with Crippen molar-refractivity contribution in [3.63, 3.8) is 0 Å². The molecule has 0 saturated carbocycles. The monoisotopic (exact) mass is 778 g/mol. The largest absolute Gasteiger partial charge is 0.394 e. The van der Waals surface area contributed by atoms with E-state index in [0.29, 0.717) is 6.42 Å². The normalized spacial score (nSPS) is 13.7. The third kappa shape index (κ3) is 42.7. The second kappa shape index (κ2) is 46.9. The Morgan fingerprint density at radius 1 is 0.446 bits per heavy atom. The van der Waals surface area contributed by atoms with Gasteiger partial charge in [-0.2, -0.15) is 0 Å². The number of carbonyl (C=O) groups is 1. The number of carbonyl (C=O) groups excluding carboxylic acids is 1. The number of hydrogen-bond acceptors (Lipinski definition) is 3. The minimum Gasteiger partial charge on any atom is -0.394 e. The van der Waals surface area contributed by atoms with Crippen LogP contribution in [0.3, 0.4) is 0 Å². The van der Waals surface area contributed by atoms with Crippen LogP contribution in [0.2, 0.25) is 0 Å². The fourth-order valence-electron chi connectivity index (χ4n) is 6.73. The predicted octanol–water partition coefficient (Wildman–Crippen LogP) is 15.2. The molecule has 0 radical (unpaired) electrons. The molecule has 322 valence electrons. The average Bonchev–Trinajstić information content (AvgIpc) is 3.20. The number of rotatable bonds is 42. The first kappa shape index (κ1) is 53.6. The van der Waals surface area contributed by atoms with Gasteiger partial charge in [0.25, 0.3) is 0 Å². The summed E-state index contributed by atoms with van der Waals surface area (Å²) in [5.41, 5.74) is 0. The molecular weight excluding hydrogens is 687 g/mol. The highest BCUT2D eigenvalue weighted by Crippen LogP contribution is 2.15. The van der Waals surface area contributed by atoms with E-state index in [4.69, 9.17) is 0 Å². The number of nitrogens with one attached hydrogen (secondary N) is 1. The average molecular weight is 778 g/mol. The van der Waals surface area contributed by atoms with Crippen molar-refractivity contribution in [1.82, 2.24) is 5.32 Å². The van der Waals surface area contributed by atoms with Gasteiger partial charge >= 0.3 is 0 Å². The Morgan fingerprint density at radius 2 is 0.804 bits per heavy atom. The number of hydrogen-bond donors (Lipinski definition) is 3. The minimum absolute atomic E-state index is 0.0808. The molecule has 4 heteroatoms. The summed E-state index contributed by atoms with van der Waals surface area (Å²) in [5, 5.41) is 23.0. The van der Waals surface area contributed by atoms with E-state index in [9.17, 15) is 15.0 Å². The summed E-state index contributed by atoms with van der Waals surface area (Å²) in [6.45, 7) is 4.16. The SMILES string of the molecule is CC/C=C\C/C=C\C/C=C\C/C=C\CCCCCCCCCCCCCCCCCCC(=O)NC(CO)C(O)/C=C/CC/C=C/CC/C=C/CCCCCCC. The number of aliphatic hydroxyl groups excluding tert-OH is 2. The fourth-order valence-corrected chi connectivity index (χ4v) is 6.73. The van der Waals surface area contributed by atoms with Crippen LogP contribution in [0.25, 0.3) is 0 Å². The molecule has 0 spiro atoms. The molecule has 0 bridgehead atoms. The number of aliphatic hydroxyl groups is 2. The molecule has 2 atom stereocenters. The summed E-state index contributed by atoms with van der Waals surface area (Å²) in [4.78, 5) is 12.4. The lowest BCUT2D eigenvalue weighted by atomic mass is 10.0. The van der Waals surface area contributed by atoms with Gasteiger partial charge in [0.05, 0.1) is 18.8 Å². The Kier molecular flexibility index (Phi) is 44.9. The number of amides is 1. The van der Waals surface area contributed by atoms with Crippen molar-refractivity contribution in [2.75, 3.05) is 6.61 Å². The van der Waals surface area contributed by atoms with Gasteiger partial charge < -0.3 is 15.5 Å². The first-order valence-corrected chi connectivity index (χ1v) is 23.8. The molecule has 0 heterocycles. The van der Waals surface area contributed by atoms with Gasteiger partial charge in [0.2, 0.25) is 5.91 Å². The predicted molar refractivity (Wildman–Crippen MR) is 248 cm³/mol. The molecule has 0 rings (SSSR count). The van der Waals surface area contributed by atoms with E-state index < -0.39 is 12.1 Å². The molecular formula is C52H91NO3. The maximum Gasteiger partial charge on any atom is 0.220 e. The molecule has 2 unspecified atom stereocenters. The van der Waals surface area contributed by atoms with Crippen LogP contribution >= 0.6 is 0 Å². The third-order valence-electron chi connectivity index (χ3n) is 10.3. The lowest BCUT2D eigenvalue weighted by molar-refractivity contribution is -0.123. The Morgan fingerprint density at radius 3 is 1.25 bits per heavy atom. The zero-order valence-corrected chi connectivity index (χ0v) is 36.9. The van der Waals surface area contributed by atoms with Gasteiger partial charge in [0.15, 0.2) is 0 Å². The minimum atomic E-state index is -0.872. The molecule has 56 heavy (non-hydrogen) atoms. The van der Waals surface area contributed by atoms with Gasteiger partial charge in [-0.05, 0) is 83.5 Å². The van der Waals surface area contributed by atoms with Crippen molar-refractivity contribution >= 4 is 5.91 Å². The Balaban J connectivity index is 3.56. The van der Waals surface area contributed by atoms with Crippen LogP contribution in [-0.2, 0) is 4.79 Å². The molecule has 0 aromatic rings. The molecule has 3 N–H and O–H groups in total. The van der Waals surface area contributed by atoms with Gasteiger partial charge in [-0.15, -0.1) is 0 Å². The van der Waals surface area contributed by atoms with Crippen LogP contribution in [0.4, 0.5) is 0 Å². The summed E-state index contributed by atoms with van der Waals surface area (Å²) in [7, 11) is 0. The molecule has 4 nitrogen and oxygen atoms in total. The highest BCUT2D eigenvalue weighted by Gasteiger charge is 2.17. The van der Waals surface area contributed by atoms with E-state index in [1.165, 1.54) is 135 Å². The summed E-state index contributed by atoms with van der Waals surface area (Å²) >= 11 is 0. The first-order chi connectivity index (χ1) is 27.7. The maximum atomic E-state index is 12.4. The van der Waals surface area contributed by atoms with E-state index >= 15 is 0 Å². The number of unbranched alkanes of at least 4 members (excludes halogenated alkanes) is 23. The van der Waals surface area contributed by atoms with Crippen LogP contribution in [-0.4, -0.2) is 34.9 Å². The molecule has 0 aliphatic carbocycles. The molecule has 0 saturated heterocycles. The summed E-state index contributed by atoms with van der Waals surface area (Å²) in [6.07, 6.45) is 68.5. The van der Waals surface area contributed by atoms with Gasteiger partial charge in [0, 0.05) is 6.42 Å². The molecule has 0 aliphatic rings. The van der Waals surface area contributed by atoms with Crippen molar-refractivity contribution in [2.45, 2.75) is 231 Å². The molecule has 0 aromatic carbocycles. The summed E-state index contributed by atoms with van der Waals surface area (Å²) in [5.74, 6) is -0.0808. The van der Waals surface area contributed by atoms with Gasteiger partial charge in [-0.25, -0.2) is 0 Å². The van der Waals surface area contributed by atoms with Crippen LogP contribution in [0.5, 0.6) is 0 Å². The van der Waals surface area contributed by atoms with Crippen LogP contribution in [0.15, 0.2) is 85.1 Å². The van der Waals surface area contributed by atoms with Gasteiger partial charge in [0.1, 0.15) is 0 Å². The van der Waals surface area contributed by atoms with Gasteiger partial charge in [-0.1, -0.05) is 214 Å². The molecule has 1 amide bonds. The molecule has 0 fully saturated rings. The zero-order chi connectivity index (χ0) is 40.7. The standard InChI is InChI=1S/C52H91NO3/c1-3-5-7-9-11-13-15-17-19-20-21-22-23-24-25-26-27-28-29-30-31-32-34-36-38-40-42-44-46-48-52(56)53-50(49-54)51(55)47-45-43-41-39-37-35-33-18-16-14-12-10-8-6-4-2/h5,7,11,13,16-19,21-22,37,39,45,47,50-51,54-55H,3-4,6,8-10,12,14-15,20,23-36,38,40-44,46,48-49H2,1-2H3,(H,53,56)/b7-5-,13-11-,18-16+,19-17-,22-21-,39-37+,47-45+. The van der Waals surface area contributed by atoms with Crippen molar-refractivity contribution < 1.29 is 15.0 Å². The lowest BCUT2D eigenvalue weighted by Gasteiger charge is -2.19. The van der Waals surface area contributed by atoms with Gasteiger partial charge in [-0.3, -0.25) is 4.79 Å². The Hall–Kier alpha value is -2.43. The van der Waals surface area contributed by atoms with E-state index in [1.54, 1.807) is 6.08 Å². The summed E-state index contributed by atoms with van der Waals surface area (Å²) in [6, 6.07) is -0.648. The smallest absolute Gasteiger partial charge is 0.220 e. The highest BCUT2D eigenvalue weighted by molar-refractivity contribution is 5.76. The highest BCUT2D eigenvalue weighted by atomic mass is 16.3. The first-order valence-electron chi connectivity index (χ1n) is 23.8. The zero-order valence-electron chi connectivity index (χ0n) is 36.9. The van der Waals surface area contributed by atoms with Crippen LogP contribution in [0, 0.1) is 0 Å². The van der Waals surface area contributed by atoms with E-state index in [2.05, 4.69) is 92.1 Å². The van der Waals surface area contributed by atoms with Crippen molar-refractivity contribution in [3.05, 3.63) is 85.1 Å². The second-order valence-electron chi connectivity index (χ2n) is 15.8. The quantitative estimate of drug-likeness (QED) is 0.0427. The Bertz CT molecular complexity index is 1020.